The second-order valence-corrected chi connectivity index (χ2v) is 3.22. The lowest BCUT2D eigenvalue weighted by molar-refractivity contribution is 0.585. The molecule has 16 heavy (non-hydrogen) atoms. The quantitative estimate of drug-likeness (QED) is 0.797. The fourth-order valence-electron chi connectivity index (χ4n) is 1.30. The monoisotopic (exact) mass is 222 g/mol. The minimum atomic E-state index is -0.744. The fourth-order valence-corrected chi connectivity index (χ4v) is 1.30. The van der Waals surface area contributed by atoms with Crippen molar-refractivity contribution < 1.29 is 8.78 Å². The van der Waals surface area contributed by atoms with Gasteiger partial charge in [-0.3, -0.25) is 0 Å². The largest absolute Gasteiger partial charge is 0.382 e. The van der Waals surface area contributed by atoms with Crippen molar-refractivity contribution >= 4 is 5.82 Å². The van der Waals surface area contributed by atoms with Crippen LogP contribution >= 0.6 is 0 Å². The van der Waals surface area contributed by atoms with Crippen LogP contribution in [0, 0.1) is 18.6 Å². The summed E-state index contributed by atoms with van der Waals surface area (Å²) in [5.74, 6) is -0.943. The van der Waals surface area contributed by atoms with Crippen LogP contribution in [0.4, 0.5) is 14.6 Å². The Morgan fingerprint density at radius 2 is 1.94 bits per heavy atom. The molecule has 1 heterocycles. The molecule has 1 aromatic heterocycles. The van der Waals surface area contributed by atoms with E-state index in [0.717, 1.165) is 12.1 Å². The first-order valence-corrected chi connectivity index (χ1v) is 4.50. The molecule has 2 N–H and O–H groups in total. The smallest absolute Gasteiger partial charge is 0.154 e. The molecule has 0 fully saturated rings. The van der Waals surface area contributed by atoms with E-state index in [1.807, 2.05) is 0 Å². The molecule has 0 unspecified atom stereocenters. The summed E-state index contributed by atoms with van der Waals surface area (Å²) in [6.07, 6.45) is 0. The van der Waals surface area contributed by atoms with Gasteiger partial charge in [0.15, 0.2) is 5.82 Å². The van der Waals surface area contributed by atoms with Crippen molar-refractivity contribution in [1.29, 1.82) is 0 Å². The first-order valence-electron chi connectivity index (χ1n) is 4.50. The number of nitrogen functional groups attached to an aromatic ring is 1. The van der Waals surface area contributed by atoms with Crippen molar-refractivity contribution in [3.05, 3.63) is 35.7 Å². The summed E-state index contributed by atoms with van der Waals surface area (Å²) in [6.45, 7) is 1.62. The lowest BCUT2D eigenvalue weighted by Gasteiger charge is -2.04. The van der Waals surface area contributed by atoms with Gasteiger partial charge in [-0.2, -0.15) is 0 Å². The van der Waals surface area contributed by atoms with E-state index in [0.29, 0.717) is 5.82 Å². The van der Waals surface area contributed by atoms with Gasteiger partial charge in [0.2, 0.25) is 0 Å². The molecule has 0 aliphatic heterocycles. The van der Waals surface area contributed by atoms with E-state index in [1.165, 1.54) is 6.07 Å². The van der Waals surface area contributed by atoms with E-state index in [4.69, 9.17) is 5.73 Å². The number of hydrogen-bond donors (Lipinski definition) is 1. The van der Waals surface area contributed by atoms with Crippen LogP contribution in [0.3, 0.4) is 0 Å². The van der Waals surface area contributed by atoms with Crippen LogP contribution in [0.25, 0.3) is 11.3 Å². The van der Waals surface area contributed by atoms with Crippen molar-refractivity contribution in [2.75, 3.05) is 5.73 Å². The molecule has 82 valence electrons. The third-order valence-electron chi connectivity index (χ3n) is 2.01. The lowest BCUT2D eigenvalue weighted by atomic mass is 10.1. The molecule has 0 amide bonds. The minimum absolute atomic E-state index is 0.0676. The van der Waals surface area contributed by atoms with Crippen LogP contribution in [-0.4, -0.2) is 15.2 Å². The van der Waals surface area contributed by atoms with Gasteiger partial charge in [0.05, 0.1) is 0 Å². The van der Waals surface area contributed by atoms with Crippen LogP contribution in [0.5, 0.6) is 0 Å². The predicted octanol–water partition coefficient (Wildman–Crippen LogP) is 1.71. The molecule has 0 saturated heterocycles. The summed E-state index contributed by atoms with van der Waals surface area (Å²) in [7, 11) is 0. The van der Waals surface area contributed by atoms with Crippen molar-refractivity contribution in [3.63, 3.8) is 0 Å². The highest BCUT2D eigenvalue weighted by Crippen LogP contribution is 2.24. The Labute approximate surface area is 90.2 Å². The number of aryl methyl sites for hydroxylation is 1. The Bertz CT molecular complexity index is 493. The summed E-state index contributed by atoms with van der Waals surface area (Å²) in [4.78, 5) is 3.86. The molecule has 0 radical (unpaired) electrons. The maximum absolute atomic E-state index is 13.4. The molecule has 2 aromatic rings. The minimum Gasteiger partial charge on any atom is -0.382 e. The third-order valence-corrected chi connectivity index (χ3v) is 2.01. The van der Waals surface area contributed by atoms with Gasteiger partial charge in [0, 0.05) is 11.6 Å². The maximum atomic E-state index is 13.4. The van der Waals surface area contributed by atoms with Gasteiger partial charge in [0.1, 0.15) is 23.2 Å². The summed E-state index contributed by atoms with van der Waals surface area (Å²) in [6, 6.07) is 3.14. The van der Waals surface area contributed by atoms with Gasteiger partial charge in [-0.1, -0.05) is 0 Å². The van der Waals surface area contributed by atoms with E-state index in [-0.39, 0.29) is 17.1 Å². The maximum Gasteiger partial charge on any atom is 0.154 e. The van der Waals surface area contributed by atoms with Crippen molar-refractivity contribution in [3.8, 4) is 11.3 Å². The zero-order valence-corrected chi connectivity index (χ0v) is 8.41. The molecule has 0 aliphatic rings. The van der Waals surface area contributed by atoms with E-state index < -0.39 is 11.6 Å². The number of benzene rings is 1. The molecule has 4 nitrogen and oxygen atoms in total. The van der Waals surface area contributed by atoms with Crippen LogP contribution < -0.4 is 5.73 Å². The number of aromatic nitrogens is 3. The summed E-state index contributed by atoms with van der Waals surface area (Å²) >= 11 is 0. The lowest BCUT2D eigenvalue weighted by Crippen LogP contribution is -2.03. The molecular formula is C10H8F2N4. The predicted molar refractivity (Wildman–Crippen MR) is 54.3 cm³/mol. The molecule has 0 aliphatic carbocycles. The molecule has 0 spiro atoms. The molecular weight excluding hydrogens is 214 g/mol. The first-order chi connectivity index (χ1) is 7.58. The SMILES string of the molecule is Cc1nnc(-c2ccc(F)cc2F)c(N)n1. The van der Waals surface area contributed by atoms with Gasteiger partial charge in [-0.25, -0.2) is 13.8 Å². The summed E-state index contributed by atoms with van der Waals surface area (Å²) in [5.41, 5.74) is 5.78. The number of hydrogen-bond acceptors (Lipinski definition) is 4. The second-order valence-electron chi connectivity index (χ2n) is 3.22. The van der Waals surface area contributed by atoms with E-state index in [9.17, 15) is 8.78 Å². The molecule has 0 atom stereocenters. The number of anilines is 1. The van der Waals surface area contributed by atoms with E-state index in [1.54, 1.807) is 6.92 Å². The van der Waals surface area contributed by atoms with E-state index >= 15 is 0 Å². The van der Waals surface area contributed by atoms with Crippen LogP contribution in [0.15, 0.2) is 18.2 Å². The Morgan fingerprint density at radius 1 is 1.19 bits per heavy atom. The Kier molecular flexibility index (Phi) is 2.47. The fraction of sp³-hybridized carbons (Fsp3) is 0.100. The Balaban J connectivity index is 2.59. The average molecular weight is 222 g/mol. The van der Waals surface area contributed by atoms with Crippen LogP contribution in [-0.2, 0) is 0 Å². The third kappa shape index (κ3) is 1.81. The topological polar surface area (TPSA) is 64.7 Å². The highest BCUT2D eigenvalue weighted by Gasteiger charge is 2.12. The Morgan fingerprint density at radius 3 is 2.56 bits per heavy atom. The molecule has 2 rings (SSSR count). The van der Waals surface area contributed by atoms with Gasteiger partial charge < -0.3 is 5.73 Å². The van der Waals surface area contributed by atoms with Crippen molar-refractivity contribution in [1.82, 2.24) is 15.2 Å². The second kappa shape index (κ2) is 3.80. The van der Waals surface area contributed by atoms with Gasteiger partial charge in [-0.15, -0.1) is 10.2 Å². The number of halogens is 2. The zero-order chi connectivity index (χ0) is 11.7. The first kappa shape index (κ1) is 10.4. The van der Waals surface area contributed by atoms with Crippen LogP contribution in [0.1, 0.15) is 5.82 Å². The van der Waals surface area contributed by atoms with Gasteiger partial charge in [-0.05, 0) is 19.1 Å². The highest BCUT2D eigenvalue weighted by molar-refractivity contribution is 5.69. The van der Waals surface area contributed by atoms with Crippen molar-refractivity contribution in [2.45, 2.75) is 6.92 Å². The highest BCUT2D eigenvalue weighted by atomic mass is 19.1. The summed E-state index contributed by atoms with van der Waals surface area (Å²) < 4.78 is 26.1. The average Bonchev–Trinajstić information content (AvgIpc) is 2.19. The number of nitrogens with zero attached hydrogens (tertiary/aromatic N) is 3. The molecule has 0 bridgehead atoms. The van der Waals surface area contributed by atoms with Gasteiger partial charge in [0.25, 0.3) is 0 Å². The number of rotatable bonds is 1. The molecule has 0 saturated carbocycles. The van der Waals surface area contributed by atoms with Crippen LogP contribution in [0.2, 0.25) is 0 Å². The molecule has 1 aromatic carbocycles. The Hall–Kier alpha value is -2.11. The van der Waals surface area contributed by atoms with Crippen molar-refractivity contribution in [2.24, 2.45) is 0 Å². The summed E-state index contributed by atoms with van der Waals surface area (Å²) in [5, 5.41) is 7.42. The number of nitrogens with two attached hydrogens (primary N) is 1. The normalized spacial score (nSPS) is 10.4. The molecule has 6 heteroatoms. The van der Waals surface area contributed by atoms with Gasteiger partial charge >= 0.3 is 0 Å². The van der Waals surface area contributed by atoms with E-state index in [2.05, 4.69) is 15.2 Å². The standard InChI is InChI=1S/C10H8F2N4/c1-5-14-10(13)9(16-15-5)7-3-2-6(11)4-8(7)12/h2-4H,1H3,(H2,13,14,15). The zero-order valence-electron chi connectivity index (χ0n) is 8.41.